The second kappa shape index (κ2) is 5.82. The Hall–Kier alpha value is -0.130. The molecule has 1 fully saturated rings. The van der Waals surface area contributed by atoms with Gasteiger partial charge in [-0.25, -0.2) is 12.7 Å². The molecule has 1 saturated heterocycles. The lowest BCUT2D eigenvalue weighted by atomic mass is 10.2. The van der Waals surface area contributed by atoms with E-state index in [9.17, 15) is 8.42 Å². The first-order chi connectivity index (χ1) is 7.10. The van der Waals surface area contributed by atoms with Crippen LogP contribution in [0.5, 0.6) is 0 Å². The molecule has 0 bridgehead atoms. The fraction of sp³-hybridized carbons (Fsp3) is 1.00. The maximum absolute atomic E-state index is 11.8. The van der Waals surface area contributed by atoms with Gasteiger partial charge in [-0.3, -0.25) is 0 Å². The quantitative estimate of drug-likeness (QED) is 0.739. The monoisotopic (exact) mass is 234 g/mol. The summed E-state index contributed by atoms with van der Waals surface area (Å²) in [4.78, 5) is 0. The molecule has 0 amide bonds. The molecule has 0 aromatic carbocycles. The molecule has 1 atom stereocenters. The van der Waals surface area contributed by atoms with Gasteiger partial charge in [0.15, 0.2) is 0 Å². The van der Waals surface area contributed by atoms with Gasteiger partial charge in [-0.2, -0.15) is 0 Å². The van der Waals surface area contributed by atoms with Gasteiger partial charge in [-0.15, -0.1) is 0 Å². The van der Waals surface area contributed by atoms with E-state index in [1.165, 1.54) is 0 Å². The zero-order valence-corrected chi connectivity index (χ0v) is 10.5. The molecule has 5 heteroatoms. The first-order valence-electron chi connectivity index (χ1n) is 5.81. The van der Waals surface area contributed by atoms with Gasteiger partial charge in [-0.05, 0) is 25.8 Å². The normalized spacial score (nSPS) is 22.5. The van der Waals surface area contributed by atoms with E-state index in [0.717, 1.165) is 19.4 Å². The number of sulfonamides is 1. The van der Waals surface area contributed by atoms with Crippen molar-refractivity contribution in [2.45, 2.75) is 39.2 Å². The highest BCUT2D eigenvalue weighted by atomic mass is 32.2. The van der Waals surface area contributed by atoms with Crippen molar-refractivity contribution in [1.82, 2.24) is 9.62 Å². The maximum Gasteiger partial charge on any atom is 0.214 e. The predicted octanol–water partition coefficient (Wildman–Crippen LogP) is 0.800. The summed E-state index contributed by atoms with van der Waals surface area (Å²) in [6, 6.07) is 0.358. The summed E-state index contributed by atoms with van der Waals surface area (Å²) in [6.07, 6.45) is 2.95. The highest BCUT2D eigenvalue weighted by Crippen LogP contribution is 2.10. The Morgan fingerprint density at radius 3 is 2.60 bits per heavy atom. The molecule has 90 valence electrons. The Balaban J connectivity index is 2.54. The Morgan fingerprint density at radius 1 is 1.40 bits per heavy atom. The molecular formula is C10H22N2O2S. The molecule has 0 aromatic heterocycles. The van der Waals surface area contributed by atoms with Crippen LogP contribution in [0, 0.1) is 0 Å². The second-order valence-electron chi connectivity index (χ2n) is 4.06. The third kappa shape index (κ3) is 3.74. The number of rotatable bonds is 6. The summed E-state index contributed by atoms with van der Waals surface area (Å²) >= 11 is 0. The molecule has 1 unspecified atom stereocenters. The van der Waals surface area contributed by atoms with E-state index < -0.39 is 10.0 Å². The highest BCUT2D eigenvalue weighted by molar-refractivity contribution is 7.89. The van der Waals surface area contributed by atoms with E-state index >= 15 is 0 Å². The molecule has 0 saturated carbocycles. The molecule has 1 rings (SSSR count). The number of likely N-dealkylation sites (N-methyl/N-ethyl adjacent to an activating group) is 1. The van der Waals surface area contributed by atoms with E-state index in [2.05, 4.69) is 5.32 Å². The van der Waals surface area contributed by atoms with Crippen molar-refractivity contribution in [2.24, 2.45) is 0 Å². The van der Waals surface area contributed by atoms with Crippen molar-refractivity contribution in [2.75, 3.05) is 25.4 Å². The summed E-state index contributed by atoms with van der Waals surface area (Å²) in [6.45, 7) is 6.05. The molecule has 0 radical (unpaired) electrons. The van der Waals surface area contributed by atoms with E-state index in [1.54, 1.807) is 4.31 Å². The van der Waals surface area contributed by atoms with Crippen LogP contribution in [0.3, 0.4) is 0 Å². The van der Waals surface area contributed by atoms with Gasteiger partial charge in [0.05, 0.1) is 5.75 Å². The van der Waals surface area contributed by atoms with E-state index in [4.69, 9.17) is 0 Å². The first-order valence-corrected chi connectivity index (χ1v) is 7.42. The van der Waals surface area contributed by atoms with Crippen molar-refractivity contribution >= 4 is 10.0 Å². The largest absolute Gasteiger partial charge is 0.313 e. The van der Waals surface area contributed by atoms with Crippen LogP contribution in [-0.4, -0.2) is 44.2 Å². The summed E-state index contributed by atoms with van der Waals surface area (Å²) in [5.74, 6) is 0.271. The molecule has 1 aliphatic heterocycles. The zero-order valence-electron chi connectivity index (χ0n) is 9.70. The fourth-order valence-electron chi connectivity index (χ4n) is 1.98. The van der Waals surface area contributed by atoms with E-state index in [0.29, 0.717) is 25.6 Å². The van der Waals surface area contributed by atoms with Crippen LogP contribution in [0.15, 0.2) is 0 Å². The molecule has 4 nitrogen and oxygen atoms in total. The second-order valence-corrected chi connectivity index (χ2v) is 6.15. The number of nitrogens with one attached hydrogen (secondary N) is 1. The van der Waals surface area contributed by atoms with Crippen molar-refractivity contribution in [3.63, 3.8) is 0 Å². The molecule has 1 heterocycles. The fourth-order valence-corrected chi connectivity index (χ4v) is 3.56. The predicted molar refractivity (Wildman–Crippen MR) is 62.3 cm³/mol. The average molecular weight is 234 g/mol. The standard InChI is InChI=1S/C10H22N2O2S/c1-3-8-15(13,14)12(4-2)9-10-6-5-7-11-10/h10-11H,3-9H2,1-2H3. The minimum Gasteiger partial charge on any atom is -0.313 e. The molecule has 0 spiro atoms. The lowest BCUT2D eigenvalue weighted by Gasteiger charge is -2.23. The van der Waals surface area contributed by atoms with Crippen LogP contribution < -0.4 is 5.32 Å². The van der Waals surface area contributed by atoms with Gasteiger partial charge in [0, 0.05) is 19.1 Å². The summed E-state index contributed by atoms with van der Waals surface area (Å²) in [5.41, 5.74) is 0. The van der Waals surface area contributed by atoms with Crippen molar-refractivity contribution in [1.29, 1.82) is 0 Å². The van der Waals surface area contributed by atoms with Crippen LogP contribution in [0.1, 0.15) is 33.1 Å². The highest BCUT2D eigenvalue weighted by Gasteiger charge is 2.24. The summed E-state index contributed by atoms with van der Waals surface area (Å²) in [7, 11) is -3.02. The van der Waals surface area contributed by atoms with Crippen LogP contribution in [0.2, 0.25) is 0 Å². The first kappa shape index (κ1) is 12.9. The van der Waals surface area contributed by atoms with Crippen molar-refractivity contribution < 1.29 is 8.42 Å². The maximum atomic E-state index is 11.8. The molecule has 0 aliphatic carbocycles. The molecule has 1 N–H and O–H groups in total. The third-order valence-electron chi connectivity index (χ3n) is 2.79. The van der Waals surface area contributed by atoms with Gasteiger partial charge in [0.25, 0.3) is 0 Å². The lowest BCUT2D eigenvalue weighted by Crippen LogP contribution is -2.41. The Morgan fingerprint density at radius 2 is 2.13 bits per heavy atom. The molecule has 0 aromatic rings. The van der Waals surface area contributed by atoms with Crippen LogP contribution in [-0.2, 0) is 10.0 Å². The van der Waals surface area contributed by atoms with Gasteiger partial charge >= 0.3 is 0 Å². The summed E-state index contributed by atoms with van der Waals surface area (Å²) < 4.78 is 25.3. The minimum absolute atomic E-state index is 0.271. The summed E-state index contributed by atoms with van der Waals surface area (Å²) in [5, 5.41) is 3.33. The van der Waals surface area contributed by atoms with E-state index in [-0.39, 0.29) is 5.75 Å². The number of nitrogens with zero attached hydrogens (tertiary/aromatic N) is 1. The SMILES string of the molecule is CCCS(=O)(=O)N(CC)CC1CCCN1. The lowest BCUT2D eigenvalue weighted by molar-refractivity contribution is 0.382. The van der Waals surface area contributed by atoms with Gasteiger partial charge in [-0.1, -0.05) is 13.8 Å². The topological polar surface area (TPSA) is 49.4 Å². The minimum atomic E-state index is -3.02. The van der Waals surface area contributed by atoms with Crippen molar-refractivity contribution in [3.05, 3.63) is 0 Å². The number of hydrogen-bond donors (Lipinski definition) is 1. The molecular weight excluding hydrogens is 212 g/mol. The number of hydrogen-bond acceptors (Lipinski definition) is 3. The van der Waals surface area contributed by atoms with E-state index in [1.807, 2.05) is 13.8 Å². The Bertz CT molecular complexity index is 271. The van der Waals surface area contributed by atoms with Gasteiger partial charge in [0.1, 0.15) is 0 Å². The molecule has 15 heavy (non-hydrogen) atoms. The molecule has 1 aliphatic rings. The van der Waals surface area contributed by atoms with Gasteiger partial charge < -0.3 is 5.32 Å². The van der Waals surface area contributed by atoms with Crippen LogP contribution >= 0.6 is 0 Å². The smallest absolute Gasteiger partial charge is 0.214 e. The zero-order chi connectivity index (χ0) is 11.3. The third-order valence-corrected chi connectivity index (χ3v) is 4.91. The van der Waals surface area contributed by atoms with Gasteiger partial charge in [0.2, 0.25) is 10.0 Å². The Labute approximate surface area is 93.1 Å². The van der Waals surface area contributed by atoms with Crippen molar-refractivity contribution in [3.8, 4) is 0 Å². The van der Waals surface area contributed by atoms with Crippen LogP contribution in [0.25, 0.3) is 0 Å². The van der Waals surface area contributed by atoms with Crippen LogP contribution in [0.4, 0.5) is 0 Å². The Kier molecular flexibility index (Phi) is 5.02. The average Bonchev–Trinajstić information content (AvgIpc) is 2.66.